The van der Waals surface area contributed by atoms with Gasteiger partial charge in [-0.25, -0.2) is 4.98 Å². The molecule has 3 rings (SSSR count). The standard InChI is InChI=1S/C17H19F3N4O3/c1-2-6-22-7-3-12-13(22)14(25)24(11-21-12)10-16(27)4-8-23(9-5-16)15(26)17(18,19)20/h2-3,7,11,27H,1,4-6,8-10H2. The van der Waals surface area contributed by atoms with Crippen molar-refractivity contribution in [2.24, 2.45) is 0 Å². The van der Waals surface area contributed by atoms with E-state index in [9.17, 15) is 27.9 Å². The van der Waals surface area contributed by atoms with Gasteiger partial charge in [-0.1, -0.05) is 6.08 Å². The van der Waals surface area contributed by atoms with E-state index >= 15 is 0 Å². The van der Waals surface area contributed by atoms with Crippen LogP contribution in [-0.4, -0.2) is 54.9 Å². The summed E-state index contributed by atoms with van der Waals surface area (Å²) in [6, 6.07) is 1.69. The smallest absolute Gasteiger partial charge is 0.388 e. The molecule has 7 nitrogen and oxygen atoms in total. The number of allylic oxidation sites excluding steroid dienone is 1. The Morgan fingerprint density at radius 1 is 1.33 bits per heavy atom. The summed E-state index contributed by atoms with van der Waals surface area (Å²) in [4.78, 5) is 28.9. The summed E-state index contributed by atoms with van der Waals surface area (Å²) in [5.41, 5.74) is -0.868. The van der Waals surface area contributed by atoms with E-state index in [0.29, 0.717) is 22.5 Å². The Kier molecular flexibility index (Phi) is 4.85. The van der Waals surface area contributed by atoms with Crippen LogP contribution >= 0.6 is 0 Å². The third kappa shape index (κ3) is 3.75. The Balaban J connectivity index is 1.79. The number of aliphatic hydroxyl groups is 1. The molecule has 27 heavy (non-hydrogen) atoms. The second kappa shape index (κ2) is 6.84. The highest BCUT2D eigenvalue weighted by molar-refractivity contribution is 5.82. The van der Waals surface area contributed by atoms with Crippen LogP contribution in [0.4, 0.5) is 13.2 Å². The minimum Gasteiger partial charge on any atom is -0.388 e. The van der Waals surface area contributed by atoms with Crippen molar-refractivity contribution in [3.8, 4) is 0 Å². The van der Waals surface area contributed by atoms with Gasteiger partial charge >= 0.3 is 12.1 Å². The maximum absolute atomic E-state index is 12.7. The number of nitrogens with zero attached hydrogens (tertiary/aromatic N) is 4. The van der Waals surface area contributed by atoms with E-state index in [1.807, 2.05) is 0 Å². The lowest BCUT2D eigenvalue weighted by molar-refractivity contribution is -0.188. The molecule has 3 heterocycles. The van der Waals surface area contributed by atoms with Crippen LogP contribution < -0.4 is 5.56 Å². The van der Waals surface area contributed by atoms with Gasteiger partial charge in [0.1, 0.15) is 5.52 Å². The van der Waals surface area contributed by atoms with Gasteiger partial charge in [0.15, 0.2) is 0 Å². The SMILES string of the molecule is C=CCn1ccc2ncn(CC3(O)CCN(C(=O)C(F)(F)F)CC3)c(=O)c21. The zero-order valence-corrected chi connectivity index (χ0v) is 14.4. The number of aromatic nitrogens is 3. The van der Waals surface area contributed by atoms with Gasteiger partial charge in [-0.2, -0.15) is 13.2 Å². The number of piperidine rings is 1. The van der Waals surface area contributed by atoms with Crippen molar-refractivity contribution < 1.29 is 23.1 Å². The lowest BCUT2D eigenvalue weighted by Crippen LogP contribution is -2.52. The third-order valence-corrected chi connectivity index (χ3v) is 4.76. The molecular formula is C17H19F3N4O3. The molecule has 2 aromatic rings. The van der Waals surface area contributed by atoms with Crippen LogP contribution in [0.1, 0.15) is 12.8 Å². The topological polar surface area (TPSA) is 80.4 Å². The number of alkyl halides is 3. The highest BCUT2D eigenvalue weighted by Crippen LogP contribution is 2.27. The lowest BCUT2D eigenvalue weighted by atomic mass is 9.91. The van der Waals surface area contributed by atoms with Crippen LogP contribution in [0.15, 0.2) is 36.0 Å². The zero-order valence-electron chi connectivity index (χ0n) is 14.4. The fraction of sp³-hybridized carbons (Fsp3) is 0.471. The summed E-state index contributed by atoms with van der Waals surface area (Å²) in [5, 5.41) is 10.7. The molecule has 10 heteroatoms. The number of likely N-dealkylation sites (tertiary alicyclic amines) is 1. The molecule has 0 aromatic carbocycles. The molecule has 1 N–H and O–H groups in total. The van der Waals surface area contributed by atoms with E-state index in [0.717, 1.165) is 0 Å². The molecule has 0 unspecified atom stereocenters. The number of hydrogen-bond acceptors (Lipinski definition) is 4. The average Bonchev–Trinajstić information content (AvgIpc) is 3.01. The predicted octanol–water partition coefficient (Wildman–Crippen LogP) is 1.30. The number of carbonyl (C=O) groups excluding carboxylic acids is 1. The average molecular weight is 384 g/mol. The van der Waals surface area contributed by atoms with E-state index in [2.05, 4.69) is 11.6 Å². The van der Waals surface area contributed by atoms with E-state index < -0.39 is 17.7 Å². The molecule has 2 aromatic heterocycles. The maximum Gasteiger partial charge on any atom is 0.471 e. The van der Waals surface area contributed by atoms with Gasteiger partial charge in [0, 0.05) is 25.8 Å². The number of halogens is 3. The summed E-state index contributed by atoms with van der Waals surface area (Å²) in [6.45, 7) is 3.49. The number of hydrogen-bond donors (Lipinski definition) is 1. The van der Waals surface area contributed by atoms with Gasteiger partial charge in [0.05, 0.1) is 24.0 Å². The van der Waals surface area contributed by atoms with Crippen LogP contribution in [0, 0.1) is 0 Å². The molecule has 0 spiro atoms. The second-order valence-electron chi connectivity index (χ2n) is 6.68. The minimum atomic E-state index is -4.93. The first-order chi connectivity index (χ1) is 12.6. The van der Waals surface area contributed by atoms with Gasteiger partial charge in [0.25, 0.3) is 5.56 Å². The van der Waals surface area contributed by atoms with Gasteiger partial charge in [-0.3, -0.25) is 14.2 Å². The summed E-state index contributed by atoms with van der Waals surface area (Å²) >= 11 is 0. The van der Waals surface area contributed by atoms with Crippen molar-refractivity contribution in [3.05, 3.63) is 41.6 Å². The van der Waals surface area contributed by atoms with E-state index in [-0.39, 0.29) is 38.0 Å². The normalized spacial score (nSPS) is 17.3. The second-order valence-corrected chi connectivity index (χ2v) is 6.68. The van der Waals surface area contributed by atoms with Gasteiger partial charge in [0.2, 0.25) is 0 Å². The Labute approximate surface area is 152 Å². The Morgan fingerprint density at radius 2 is 2.00 bits per heavy atom. The van der Waals surface area contributed by atoms with Crippen LogP contribution in [-0.2, 0) is 17.9 Å². The summed E-state index contributed by atoms with van der Waals surface area (Å²) in [7, 11) is 0. The van der Waals surface area contributed by atoms with Crippen LogP contribution in [0.3, 0.4) is 0 Å². The molecule has 1 aliphatic rings. The molecule has 1 fully saturated rings. The fourth-order valence-corrected chi connectivity index (χ4v) is 3.30. The molecule has 146 valence electrons. The number of carbonyl (C=O) groups is 1. The van der Waals surface area contributed by atoms with Gasteiger partial charge in [-0.05, 0) is 18.9 Å². The zero-order chi connectivity index (χ0) is 19.8. The molecule has 0 radical (unpaired) electrons. The first kappa shape index (κ1) is 19.2. The monoisotopic (exact) mass is 384 g/mol. The van der Waals surface area contributed by atoms with Gasteiger partial charge in [-0.15, -0.1) is 6.58 Å². The van der Waals surface area contributed by atoms with Crippen LogP contribution in [0.2, 0.25) is 0 Å². The van der Waals surface area contributed by atoms with Crippen molar-refractivity contribution >= 4 is 16.9 Å². The highest BCUT2D eigenvalue weighted by Gasteiger charge is 2.45. The summed E-state index contributed by atoms with van der Waals surface area (Å²) in [5.74, 6) is -1.91. The molecule has 1 amide bonds. The number of rotatable bonds is 4. The van der Waals surface area contributed by atoms with Crippen molar-refractivity contribution in [2.75, 3.05) is 13.1 Å². The summed E-state index contributed by atoms with van der Waals surface area (Å²) in [6.07, 6.45) is -0.399. The van der Waals surface area contributed by atoms with Crippen molar-refractivity contribution in [1.82, 2.24) is 19.0 Å². The van der Waals surface area contributed by atoms with Crippen LogP contribution in [0.25, 0.3) is 11.0 Å². The predicted molar refractivity (Wildman–Crippen MR) is 91.0 cm³/mol. The van der Waals surface area contributed by atoms with Crippen molar-refractivity contribution in [3.63, 3.8) is 0 Å². The number of fused-ring (bicyclic) bond motifs is 1. The minimum absolute atomic E-state index is 0.0625. The molecule has 0 bridgehead atoms. The van der Waals surface area contributed by atoms with E-state index in [1.165, 1.54) is 10.9 Å². The highest BCUT2D eigenvalue weighted by atomic mass is 19.4. The Morgan fingerprint density at radius 3 is 2.59 bits per heavy atom. The van der Waals surface area contributed by atoms with Crippen molar-refractivity contribution in [1.29, 1.82) is 0 Å². The molecule has 0 atom stereocenters. The van der Waals surface area contributed by atoms with Gasteiger partial charge < -0.3 is 14.6 Å². The third-order valence-electron chi connectivity index (χ3n) is 4.76. The first-order valence-corrected chi connectivity index (χ1v) is 8.38. The van der Waals surface area contributed by atoms with Crippen LogP contribution in [0.5, 0.6) is 0 Å². The van der Waals surface area contributed by atoms with E-state index in [4.69, 9.17) is 0 Å². The summed E-state index contributed by atoms with van der Waals surface area (Å²) < 4.78 is 40.5. The quantitative estimate of drug-likeness (QED) is 0.806. The fourth-order valence-electron chi connectivity index (χ4n) is 3.30. The molecule has 0 saturated carbocycles. The largest absolute Gasteiger partial charge is 0.471 e. The Bertz CT molecular complexity index is 924. The molecule has 0 aliphatic carbocycles. The lowest BCUT2D eigenvalue weighted by Gasteiger charge is -2.38. The molecular weight excluding hydrogens is 365 g/mol. The first-order valence-electron chi connectivity index (χ1n) is 8.38. The molecule has 1 saturated heterocycles. The number of amides is 1. The van der Waals surface area contributed by atoms with Crippen molar-refractivity contribution in [2.45, 2.75) is 37.7 Å². The Hall–Kier alpha value is -2.62. The maximum atomic E-state index is 12.7. The van der Waals surface area contributed by atoms with E-state index in [1.54, 1.807) is 22.9 Å². The molecule has 1 aliphatic heterocycles.